The van der Waals surface area contributed by atoms with E-state index in [4.69, 9.17) is 22.3 Å². The largest absolute Gasteiger partial charge is 0.492 e. The summed E-state index contributed by atoms with van der Waals surface area (Å²) in [6, 6.07) is 15.4. The number of halogens is 1. The number of amides is 1. The van der Waals surface area contributed by atoms with Gasteiger partial charge in [-0.05, 0) is 49.2 Å². The Bertz CT molecular complexity index is 1280. The molecule has 1 N–H and O–H groups in total. The third kappa shape index (κ3) is 5.03. The molecule has 0 spiro atoms. The fourth-order valence-electron chi connectivity index (χ4n) is 4.65. The van der Waals surface area contributed by atoms with Crippen LogP contribution in [0.25, 0.3) is 5.69 Å². The summed E-state index contributed by atoms with van der Waals surface area (Å²) in [5.74, 6) is 1.20. The number of hydrogen-bond acceptors (Lipinski definition) is 6. The fraction of sp³-hybridized carbons (Fsp3) is 0.370. The van der Waals surface area contributed by atoms with Gasteiger partial charge in [0.05, 0.1) is 23.5 Å². The molecular formula is C27H29FN4O3S. The van der Waals surface area contributed by atoms with Gasteiger partial charge in [0.1, 0.15) is 29.4 Å². The minimum Gasteiger partial charge on any atom is -0.492 e. The summed E-state index contributed by atoms with van der Waals surface area (Å²) in [5, 5.41) is 2.41. The number of thiol groups is 1. The summed E-state index contributed by atoms with van der Waals surface area (Å²) < 4.78 is 20.2. The lowest BCUT2D eigenvalue weighted by Gasteiger charge is -2.35. The van der Waals surface area contributed by atoms with Crippen LogP contribution in [0, 0.1) is 5.82 Å². The Morgan fingerprint density at radius 2 is 1.89 bits per heavy atom. The molecule has 9 heteroatoms. The minimum absolute atomic E-state index is 0.0969. The lowest BCUT2D eigenvalue weighted by molar-refractivity contribution is -0.131. The molecule has 1 fully saturated rings. The molecule has 36 heavy (non-hydrogen) atoms. The number of nitrogens with one attached hydrogen (secondary N) is 1. The second-order valence-electron chi connectivity index (χ2n) is 9.12. The standard InChI is InChI=1S/C27H29FN4O3S/c28-19-9-11-21(12-10-19)35-16-14-29-17-23(33)31-15-13-22-24(27(31)36)26(34)32(20-7-2-1-3-8-20)25(30-22)18-5-4-6-18/h1-3,7-12,18,27,29,36H,4-6,13-17H2. The number of para-hydroxylation sites is 1. The Balaban J connectivity index is 1.28. The molecule has 1 aliphatic carbocycles. The maximum atomic E-state index is 13.8. The molecule has 0 bridgehead atoms. The average molecular weight is 509 g/mol. The molecule has 2 heterocycles. The molecular weight excluding hydrogens is 479 g/mol. The van der Waals surface area contributed by atoms with Crippen LogP contribution in [0.4, 0.5) is 4.39 Å². The molecule has 2 aliphatic rings. The average Bonchev–Trinajstić information content (AvgIpc) is 2.84. The van der Waals surface area contributed by atoms with Crippen LogP contribution in [-0.4, -0.2) is 46.6 Å². The monoisotopic (exact) mass is 508 g/mol. The molecule has 7 nitrogen and oxygen atoms in total. The van der Waals surface area contributed by atoms with Crippen LogP contribution in [0.3, 0.4) is 0 Å². The van der Waals surface area contributed by atoms with Crippen molar-refractivity contribution in [2.75, 3.05) is 26.2 Å². The van der Waals surface area contributed by atoms with Gasteiger partial charge in [0.2, 0.25) is 5.91 Å². The van der Waals surface area contributed by atoms with E-state index in [0.29, 0.717) is 37.4 Å². The molecule has 0 radical (unpaired) electrons. The quantitative estimate of drug-likeness (QED) is 0.359. The van der Waals surface area contributed by atoms with Crippen molar-refractivity contribution in [2.24, 2.45) is 0 Å². The van der Waals surface area contributed by atoms with Gasteiger partial charge in [-0.3, -0.25) is 14.2 Å². The van der Waals surface area contributed by atoms with Crippen molar-refractivity contribution in [2.45, 2.75) is 37.0 Å². The smallest absolute Gasteiger partial charge is 0.264 e. The highest BCUT2D eigenvalue weighted by atomic mass is 32.1. The van der Waals surface area contributed by atoms with E-state index in [1.165, 1.54) is 12.1 Å². The number of hydrogen-bond donors (Lipinski definition) is 2. The van der Waals surface area contributed by atoms with E-state index in [0.717, 1.165) is 36.5 Å². The van der Waals surface area contributed by atoms with Crippen molar-refractivity contribution in [1.29, 1.82) is 0 Å². The Kier molecular flexibility index (Phi) is 7.38. The lowest BCUT2D eigenvalue weighted by Crippen LogP contribution is -2.46. The van der Waals surface area contributed by atoms with Crippen LogP contribution in [0.5, 0.6) is 5.75 Å². The zero-order chi connectivity index (χ0) is 25.1. The van der Waals surface area contributed by atoms with Crippen molar-refractivity contribution in [3.8, 4) is 11.4 Å². The highest BCUT2D eigenvalue weighted by Gasteiger charge is 2.35. The van der Waals surface area contributed by atoms with Crippen LogP contribution in [0.1, 0.15) is 47.6 Å². The van der Waals surface area contributed by atoms with Crippen LogP contribution in [0.2, 0.25) is 0 Å². The number of rotatable bonds is 8. The fourth-order valence-corrected chi connectivity index (χ4v) is 5.15. The van der Waals surface area contributed by atoms with Crippen molar-refractivity contribution in [3.05, 3.63) is 87.9 Å². The summed E-state index contributed by atoms with van der Waals surface area (Å²) >= 11 is 4.72. The Morgan fingerprint density at radius 3 is 2.58 bits per heavy atom. The van der Waals surface area contributed by atoms with Crippen LogP contribution in [-0.2, 0) is 11.2 Å². The first-order chi connectivity index (χ1) is 17.5. The van der Waals surface area contributed by atoms with Crippen LogP contribution in [0.15, 0.2) is 59.4 Å². The van der Waals surface area contributed by atoms with Gasteiger partial charge in [0, 0.05) is 25.4 Å². The van der Waals surface area contributed by atoms with Gasteiger partial charge >= 0.3 is 0 Å². The van der Waals surface area contributed by atoms with E-state index in [1.807, 2.05) is 30.3 Å². The highest BCUT2D eigenvalue weighted by Crippen LogP contribution is 2.37. The van der Waals surface area contributed by atoms with Gasteiger partial charge < -0.3 is 15.0 Å². The van der Waals surface area contributed by atoms with Gasteiger partial charge in [-0.15, -0.1) is 12.6 Å². The van der Waals surface area contributed by atoms with E-state index >= 15 is 0 Å². The topological polar surface area (TPSA) is 76.5 Å². The van der Waals surface area contributed by atoms with E-state index < -0.39 is 5.37 Å². The number of carbonyl (C=O) groups excluding carboxylic acids is 1. The third-order valence-electron chi connectivity index (χ3n) is 6.81. The van der Waals surface area contributed by atoms with E-state index in [-0.39, 0.29) is 29.7 Å². The van der Waals surface area contributed by atoms with E-state index in [1.54, 1.807) is 21.6 Å². The Labute approximate surface area is 214 Å². The number of ether oxygens (including phenoxy) is 1. The normalized spacial score (nSPS) is 17.4. The molecule has 188 valence electrons. The zero-order valence-electron chi connectivity index (χ0n) is 19.9. The maximum Gasteiger partial charge on any atom is 0.264 e. The molecule has 1 unspecified atom stereocenters. The summed E-state index contributed by atoms with van der Waals surface area (Å²) in [4.78, 5) is 33.4. The predicted octanol–water partition coefficient (Wildman–Crippen LogP) is 3.62. The van der Waals surface area contributed by atoms with Gasteiger partial charge in [-0.1, -0.05) is 24.6 Å². The number of carbonyl (C=O) groups is 1. The molecule has 1 aliphatic heterocycles. The molecule has 2 aromatic carbocycles. The predicted molar refractivity (Wildman–Crippen MR) is 138 cm³/mol. The van der Waals surface area contributed by atoms with Crippen molar-refractivity contribution in [3.63, 3.8) is 0 Å². The van der Waals surface area contributed by atoms with Crippen LogP contribution >= 0.6 is 12.6 Å². The van der Waals surface area contributed by atoms with Gasteiger partial charge in [-0.25, -0.2) is 9.37 Å². The SMILES string of the molecule is O=C(CNCCOc1ccc(F)cc1)N1CCc2nc(C3CCC3)n(-c3ccccc3)c(=O)c2C1S. The second-order valence-corrected chi connectivity index (χ2v) is 9.61. The number of fused-ring (bicyclic) bond motifs is 1. The molecule has 1 aromatic heterocycles. The van der Waals surface area contributed by atoms with Crippen molar-refractivity contribution in [1.82, 2.24) is 19.8 Å². The summed E-state index contributed by atoms with van der Waals surface area (Å²) in [7, 11) is 0. The highest BCUT2D eigenvalue weighted by molar-refractivity contribution is 7.80. The summed E-state index contributed by atoms with van der Waals surface area (Å²) in [6.45, 7) is 1.33. The number of nitrogens with zero attached hydrogens (tertiary/aromatic N) is 3. The second kappa shape index (κ2) is 10.8. The van der Waals surface area contributed by atoms with E-state index in [2.05, 4.69) is 5.32 Å². The Hall–Kier alpha value is -3.17. The number of aromatic nitrogens is 2. The summed E-state index contributed by atoms with van der Waals surface area (Å²) in [5.41, 5.74) is 1.86. The molecule has 1 saturated carbocycles. The van der Waals surface area contributed by atoms with Gasteiger partial charge in [0.25, 0.3) is 5.56 Å². The van der Waals surface area contributed by atoms with Crippen molar-refractivity contribution < 1.29 is 13.9 Å². The van der Waals surface area contributed by atoms with Crippen molar-refractivity contribution >= 4 is 18.5 Å². The van der Waals surface area contributed by atoms with E-state index in [9.17, 15) is 14.0 Å². The number of benzene rings is 2. The van der Waals surface area contributed by atoms with Gasteiger partial charge in [0.15, 0.2) is 0 Å². The lowest BCUT2D eigenvalue weighted by atomic mass is 9.84. The zero-order valence-corrected chi connectivity index (χ0v) is 20.8. The molecule has 1 atom stereocenters. The molecule has 1 amide bonds. The van der Waals surface area contributed by atoms with Crippen LogP contribution < -0.4 is 15.6 Å². The summed E-state index contributed by atoms with van der Waals surface area (Å²) in [6.07, 6.45) is 3.73. The molecule has 3 aromatic rings. The first-order valence-corrected chi connectivity index (χ1v) is 12.8. The Morgan fingerprint density at radius 1 is 1.14 bits per heavy atom. The maximum absolute atomic E-state index is 13.8. The molecule has 5 rings (SSSR count). The first-order valence-electron chi connectivity index (χ1n) is 12.3. The van der Waals surface area contributed by atoms with Gasteiger partial charge in [-0.2, -0.15) is 0 Å². The third-order valence-corrected chi connectivity index (χ3v) is 7.35. The first kappa shape index (κ1) is 24.5. The minimum atomic E-state index is -0.663. The molecule has 0 saturated heterocycles.